The van der Waals surface area contributed by atoms with E-state index < -0.39 is 0 Å². The number of aliphatic hydroxyl groups excluding tert-OH is 1. The molecule has 0 aliphatic heterocycles. The van der Waals surface area contributed by atoms with Gasteiger partial charge in [-0.05, 0) is 17.7 Å². The Morgan fingerprint density at radius 1 is 1.29 bits per heavy atom. The molecule has 1 N–H and O–H groups in total. The van der Waals surface area contributed by atoms with Crippen molar-refractivity contribution >= 4 is 10.9 Å². The van der Waals surface area contributed by atoms with Crippen molar-refractivity contribution in [1.82, 2.24) is 4.98 Å². The van der Waals surface area contributed by atoms with Gasteiger partial charge in [-0.2, -0.15) is 0 Å². The second-order valence-electron chi connectivity index (χ2n) is 3.23. The van der Waals surface area contributed by atoms with Gasteiger partial charge in [0.1, 0.15) is 0 Å². The second-order valence-corrected chi connectivity index (χ2v) is 3.23. The van der Waals surface area contributed by atoms with Crippen LogP contribution in [0.1, 0.15) is 5.56 Å². The average Bonchev–Trinajstić information content (AvgIpc) is 2.18. The van der Waals surface area contributed by atoms with E-state index in [1.54, 1.807) is 6.20 Å². The molecule has 2 aromatic rings. The summed E-state index contributed by atoms with van der Waals surface area (Å²) in [6, 6.07) is 9.78. The third kappa shape index (κ3) is 1.59. The molecule has 0 amide bonds. The zero-order valence-corrected chi connectivity index (χ0v) is 7.77. The van der Waals surface area contributed by atoms with Gasteiger partial charge in [-0.3, -0.25) is 4.98 Å². The Kier molecular flexibility index (Phi) is 2.19. The van der Waals surface area contributed by atoms with Crippen LogP contribution in [-0.4, -0.2) is 10.1 Å². The molecule has 0 radical (unpaired) electrons. The summed E-state index contributed by atoms with van der Waals surface area (Å²) in [5.74, 6) is 0.182. The minimum Gasteiger partial charge on any atom is -0.513 e. The number of rotatable bonds is 2. The van der Waals surface area contributed by atoms with Crippen molar-refractivity contribution in [2.24, 2.45) is 0 Å². The van der Waals surface area contributed by atoms with E-state index in [1.165, 1.54) is 0 Å². The maximum atomic E-state index is 9.15. The van der Waals surface area contributed by atoms with E-state index in [0.29, 0.717) is 6.42 Å². The molecular weight excluding hydrogens is 174 g/mol. The molecule has 1 heterocycles. The maximum Gasteiger partial charge on any atom is 0.0895 e. The zero-order valence-electron chi connectivity index (χ0n) is 7.77. The van der Waals surface area contributed by atoms with Gasteiger partial charge in [0.2, 0.25) is 0 Å². The molecule has 2 heteroatoms. The predicted octanol–water partition coefficient (Wildman–Crippen LogP) is 2.85. The average molecular weight is 185 g/mol. The molecule has 0 spiro atoms. The van der Waals surface area contributed by atoms with Gasteiger partial charge in [0, 0.05) is 18.0 Å². The molecule has 14 heavy (non-hydrogen) atoms. The molecule has 0 saturated carbocycles. The Labute approximate surface area is 82.5 Å². The fourth-order valence-corrected chi connectivity index (χ4v) is 1.53. The minimum atomic E-state index is 0.182. The van der Waals surface area contributed by atoms with E-state index in [4.69, 9.17) is 5.11 Å². The smallest absolute Gasteiger partial charge is 0.0895 e. The molecule has 0 bridgehead atoms. The Morgan fingerprint density at radius 2 is 2.07 bits per heavy atom. The number of aliphatic hydroxyl groups is 1. The first-order chi connectivity index (χ1) is 6.77. The van der Waals surface area contributed by atoms with Crippen LogP contribution in [0.15, 0.2) is 48.9 Å². The van der Waals surface area contributed by atoms with Crippen LogP contribution in [0.25, 0.3) is 10.9 Å². The monoisotopic (exact) mass is 185 g/mol. The summed E-state index contributed by atoms with van der Waals surface area (Å²) < 4.78 is 0. The third-order valence-corrected chi connectivity index (χ3v) is 2.13. The van der Waals surface area contributed by atoms with Crippen molar-refractivity contribution in [2.45, 2.75) is 6.42 Å². The lowest BCUT2D eigenvalue weighted by Crippen LogP contribution is -1.90. The normalized spacial score (nSPS) is 10.3. The molecule has 1 aromatic heterocycles. The summed E-state index contributed by atoms with van der Waals surface area (Å²) in [4.78, 5) is 4.24. The number of allylic oxidation sites excluding steroid dienone is 1. The number of pyridine rings is 1. The highest BCUT2D eigenvalue weighted by molar-refractivity contribution is 5.82. The van der Waals surface area contributed by atoms with Gasteiger partial charge in [-0.25, -0.2) is 0 Å². The fraction of sp³-hybridized carbons (Fsp3) is 0.0833. The molecule has 0 aliphatic carbocycles. The van der Waals surface area contributed by atoms with Crippen molar-refractivity contribution in [2.75, 3.05) is 0 Å². The SMILES string of the molecule is C=C(O)Cc1ccnc2ccccc12. The molecule has 2 nitrogen and oxygen atoms in total. The Balaban J connectivity index is 2.59. The lowest BCUT2D eigenvalue weighted by atomic mass is 10.1. The number of para-hydroxylation sites is 1. The number of aromatic nitrogens is 1. The van der Waals surface area contributed by atoms with E-state index in [2.05, 4.69) is 11.6 Å². The van der Waals surface area contributed by atoms with Crippen LogP contribution in [0.5, 0.6) is 0 Å². The minimum absolute atomic E-state index is 0.182. The summed E-state index contributed by atoms with van der Waals surface area (Å²) in [5.41, 5.74) is 2.01. The summed E-state index contributed by atoms with van der Waals surface area (Å²) in [6.07, 6.45) is 2.24. The lowest BCUT2D eigenvalue weighted by Gasteiger charge is -2.04. The number of nitrogens with zero attached hydrogens (tertiary/aromatic N) is 1. The maximum absolute atomic E-state index is 9.15. The third-order valence-electron chi connectivity index (χ3n) is 2.13. The molecule has 70 valence electrons. The van der Waals surface area contributed by atoms with Gasteiger partial charge in [0.15, 0.2) is 0 Å². The molecular formula is C12H11NO. The Hall–Kier alpha value is -1.83. The first-order valence-corrected chi connectivity index (χ1v) is 4.47. The Bertz CT molecular complexity index is 471. The van der Waals surface area contributed by atoms with Gasteiger partial charge in [0.05, 0.1) is 11.3 Å². The van der Waals surface area contributed by atoms with E-state index in [9.17, 15) is 0 Å². The van der Waals surface area contributed by atoms with E-state index in [-0.39, 0.29) is 5.76 Å². The van der Waals surface area contributed by atoms with Crippen molar-refractivity contribution in [3.05, 3.63) is 54.4 Å². The van der Waals surface area contributed by atoms with Gasteiger partial charge in [-0.1, -0.05) is 24.8 Å². The summed E-state index contributed by atoms with van der Waals surface area (Å²) in [7, 11) is 0. The summed E-state index contributed by atoms with van der Waals surface area (Å²) in [5, 5.41) is 10.2. The molecule has 0 fully saturated rings. The van der Waals surface area contributed by atoms with Crippen molar-refractivity contribution in [3.63, 3.8) is 0 Å². The highest BCUT2D eigenvalue weighted by atomic mass is 16.3. The largest absolute Gasteiger partial charge is 0.513 e. The van der Waals surface area contributed by atoms with Gasteiger partial charge in [0.25, 0.3) is 0 Å². The molecule has 0 aliphatic rings. The number of benzene rings is 1. The van der Waals surface area contributed by atoms with Crippen LogP contribution in [0.3, 0.4) is 0 Å². The quantitative estimate of drug-likeness (QED) is 0.730. The summed E-state index contributed by atoms with van der Waals surface area (Å²) in [6.45, 7) is 3.49. The predicted molar refractivity (Wildman–Crippen MR) is 57.2 cm³/mol. The van der Waals surface area contributed by atoms with Crippen LogP contribution in [-0.2, 0) is 6.42 Å². The number of fused-ring (bicyclic) bond motifs is 1. The molecule has 0 atom stereocenters. The lowest BCUT2D eigenvalue weighted by molar-refractivity contribution is 0.402. The van der Waals surface area contributed by atoms with Crippen molar-refractivity contribution in [3.8, 4) is 0 Å². The van der Waals surface area contributed by atoms with Gasteiger partial charge < -0.3 is 5.11 Å². The van der Waals surface area contributed by atoms with Gasteiger partial charge in [-0.15, -0.1) is 0 Å². The van der Waals surface area contributed by atoms with E-state index in [1.807, 2.05) is 30.3 Å². The van der Waals surface area contributed by atoms with Crippen LogP contribution in [0, 0.1) is 0 Å². The zero-order chi connectivity index (χ0) is 9.97. The molecule has 0 unspecified atom stereocenters. The highest BCUT2D eigenvalue weighted by Crippen LogP contribution is 2.17. The number of hydrogen-bond donors (Lipinski definition) is 1. The van der Waals surface area contributed by atoms with Gasteiger partial charge >= 0.3 is 0 Å². The van der Waals surface area contributed by atoms with E-state index in [0.717, 1.165) is 16.5 Å². The molecule has 1 aromatic carbocycles. The standard InChI is InChI=1S/C12H11NO/c1-9(14)8-10-6-7-13-12-5-3-2-4-11(10)12/h2-7,14H,1,8H2. The van der Waals surface area contributed by atoms with Crippen molar-refractivity contribution in [1.29, 1.82) is 0 Å². The van der Waals surface area contributed by atoms with Crippen LogP contribution < -0.4 is 0 Å². The summed E-state index contributed by atoms with van der Waals surface area (Å²) >= 11 is 0. The molecule has 0 saturated heterocycles. The topological polar surface area (TPSA) is 33.1 Å². The first-order valence-electron chi connectivity index (χ1n) is 4.47. The van der Waals surface area contributed by atoms with Crippen LogP contribution in [0.4, 0.5) is 0 Å². The van der Waals surface area contributed by atoms with Crippen molar-refractivity contribution < 1.29 is 5.11 Å². The van der Waals surface area contributed by atoms with E-state index >= 15 is 0 Å². The second kappa shape index (κ2) is 3.50. The Morgan fingerprint density at radius 3 is 2.86 bits per heavy atom. The fourth-order valence-electron chi connectivity index (χ4n) is 1.53. The molecule has 2 rings (SSSR count). The van der Waals surface area contributed by atoms with Crippen LogP contribution >= 0.6 is 0 Å². The highest BCUT2D eigenvalue weighted by Gasteiger charge is 2.01. The first kappa shape index (κ1) is 8.75. The van der Waals surface area contributed by atoms with Crippen LogP contribution in [0.2, 0.25) is 0 Å². The number of hydrogen-bond acceptors (Lipinski definition) is 2.